The van der Waals surface area contributed by atoms with Gasteiger partial charge < -0.3 is 0 Å². The van der Waals surface area contributed by atoms with E-state index in [2.05, 4.69) is 134 Å². The Kier molecular flexibility index (Phi) is 4.37. The maximum Gasteiger partial charge on any atom is 0.0202 e. The summed E-state index contributed by atoms with van der Waals surface area (Å²) >= 11 is 0. The first-order chi connectivity index (χ1) is 18.3. The third kappa shape index (κ3) is 2.90. The van der Waals surface area contributed by atoms with E-state index in [1.165, 1.54) is 71.6 Å². The number of hydrogen-bond acceptors (Lipinski definition) is 0. The van der Waals surface area contributed by atoms with Crippen LogP contribution in [0.4, 0.5) is 0 Å². The molecule has 5 aromatic rings. The van der Waals surface area contributed by atoms with Crippen molar-refractivity contribution in [3.8, 4) is 22.3 Å². The number of benzene rings is 5. The van der Waals surface area contributed by atoms with Crippen LogP contribution in [0.1, 0.15) is 18.1 Å². The molecule has 2 unspecified atom stereocenters. The van der Waals surface area contributed by atoms with Crippen LogP contribution in [-0.4, -0.2) is 0 Å². The molecule has 3 aliphatic carbocycles. The molecule has 3 aliphatic rings. The summed E-state index contributed by atoms with van der Waals surface area (Å²) in [6.45, 7) is 2.29. The molecule has 0 spiro atoms. The maximum absolute atomic E-state index is 2.43. The minimum absolute atomic E-state index is 0.376. The van der Waals surface area contributed by atoms with Crippen LogP contribution in [0.2, 0.25) is 0 Å². The predicted octanol–water partition coefficient (Wildman–Crippen LogP) is 9.87. The molecule has 0 saturated heterocycles. The van der Waals surface area contributed by atoms with Crippen molar-refractivity contribution in [2.45, 2.75) is 6.92 Å². The SMILES string of the molecule is CC1=CC=C2c3c(c(-c4ccccc4)c4cc5ccccc5cc4c3-c3ccccc3)C3=CC=CC1C32. The fraction of sp³-hybridized carbons (Fsp3) is 0.0811. The van der Waals surface area contributed by atoms with Crippen molar-refractivity contribution in [1.29, 1.82) is 0 Å². The van der Waals surface area contributed by atoms with Crippen molar-refractivity contribution in [3.05, 3.63) is 144 Å². The van der Waals surface area contributed by atoms with Crippen molar-refractivity contribution < 1.29 is 0 Å². The average molecular weight is 471 g/mol. The molecule has 0 aromatic heterocycles. The Balaban J connectivity index is 1.64. The van der Waals surface area contributed by atoms with Crippen LogP contribution >= 0.6 is 0 Å². The van der Waals surface area contributed by atoms with Crippen LogP contribution in [0.15, 0.2) is 133 Å². The third-order valence-electron chi connectivity index (χ3n) is 8.55. The van der Waals surface area contributed by atoms with Gasteiger partial charge in [-0.05, 0) is 85.1 Å². The Morgan fingerprint density at radius 3 is 1.59 bits per heavy atom. The average Bonchev–Trinajstić information content (AvgIpc) is 3.28. The van der Waals surface area contributed by atoms with Crippen molar-refractivity contribution in [1.82, 2.24) is 0 Å². The molecular weight excluding hydrogens is 444 g/mol. The lowest BCUT2D eigenvalue weighted by Crippen LogP contribution is -2.17. The summed E-state index contributed by atoms with van der Waals surface area (Å²) in [5.74, 6) is 0.794. The van der Waals surface area contributed by atoms with Gasteiger partial charge in [-0.1, -0.05) is 121 Å². The summed E-state index contributed by atoms with van der Waals surface area (Å²) in [4.78, 5) is 0. The minimum atomic E-state index is 0.376. The van der Waals surface area contributed by atoms with Crippen LogP contribution in [0.5, 0.6) is 0 Å². The van der Waals surface area contributed by atoms with Gasteiger partial charge >= 0.3 is 0 Å². The van der Waals surface area contributed by atoms with Crippen molar-refractivity contribution >= 4 is 32.7 Å². The molecule has 174 valence electrons. The lowest BCUT2D eigenvalue weighted by molar-refractivity contribution is 0.665. The molecule has 0 fully saturated rings. The molecule has 0 bridgehead atoms. The van der Waals surface area contributed by atoms with E-state index in [4.69, 9.17) is 0 Å². The highest BCUT2D eigenvalue weighted by Crippen LogP contribution is 2.60. The summed E-state index contributed by atoms with van der Waals surface area (Å²) in [7, 11) is 0. The fourth-order valence-corrected chi connectivity index (χ4v) is 6.94. The monoisotopic (exact) mass is 470 g/mol. The zero-order valence-electron chi connectivity index (χ0n) is 20.8. The van der Waals surface area contributed by atoms with Crippen molar-refractivity contribution in [2.75, 3.05) is 0 Å². The van der Waals surface area contributed by atoms with E-state index in [9.17, 15) is 0 Å². The molecule has 0 aliphatic heterocycles. The molecule has 0 N–H and O–H groups in total. The maximum atomic E-state index is 2.43. The van der Waals surface area contributed by atoms with Gasteiger partial charge in [-0.25, -0.2) is 0 Å². The Hall–Kier alpha value is -4.42. The van der Waals surface area contributed by atoms with Crippen LogP contribution in [0.25, 0.3) is 54.9 Å². The van der Waals surface area contributed by atoms with Gasteiger partial charge in [-0.15, -0.1) is 0 Å². The highest BCUT2D eigenvalue weighted by atomic mass is 14.5. The molecule has 0 amide bonds. The topological polar surface area (TPSA) is 0 Å². The van der Waals surface area contributed by atoms with Crippen LogP contribution in [-0.2, 0) is 0 Å². The quantitative estimate of drug-likeness (QED) is 0.225. The normalized spacial score (nSPS) is 19.3. The second-order valence-corrected chi connectivity index (χ2v) is 10.5. The Morgan fingerprint density at radius 2 is 1.03 bits per heavy atom. The van der Waals surface area contributed by atoms with Crippen LogP contribution in [0, 0.1) is 11.8 Å². The first-order valence-corrected chi connectivity index (χ1v) is 13.2. The first kappa shape index (κ1) is 20.7. The highest BCUT2D eigenvalue weighted by molar-refractivity contribution is 6.20. The highest BCUT2D eigenvalue weighted by Gasteiger charge is 2.42. The van der Waals surface area contributed by atoms with E-state index in [1.807, 2.05) is 0 Å². The number of fused-ring (bicyclic) bond motifs is 5. The Bertz CT molecular complexity index is 1860. The largest absolute Gasteiger partial charge is 0.0764 e. The minimum Gasteiger partial charge on any atom is -0.0764 e. The summed E-state index contributed by atoms with van der Waals surface area (Å²) < 4.78 is 0. The molecule has 8 rings (SSSR count). The molecule has 2 atom stereocenters. The van der Waals surface area contributed by atoms with Gasteiger partial charge in [0, 0.05) is 11.8 Å². The van der Waals surface area contributed by atoms with Gasteiger partial charge in [0.05, 0.1) is 0 Å². The molecule has 0 saturated carbocycles. The zero-order chi connectivity index (χ0) is 24.5. The number of allylic oxidation sites excluding steroid dienone is 8. The standard InChI is InChI=1S/C37H26/c1-23-19-20-30-35-28(23)17-10-18-29(35)36-33(24-11-4-2-5-12-24)31-21-26-15-8-9-16-27(26)22-32(31)34(37(30)36)25-13-6-3-7-14-25/h2-22,28,35H,1H3. The number of rotatable bonds is 2. The summed E-state index contributed by atoms with van der Waals surface area (Å²) in [5, 5.41) is 5.24. The van der Waals surface area contributed by atoms with Crippen LogP contribution < -0.4 is 0 Å². The fourth-order valence-electron chi connectivity index (χ4n) is 6.94. The van der Waals surface area contributed by atoms with Crippen LogP contribution in [0.3, 0.4) is 0 Å². The van der Waals surface area contributed by atoms with E-state index in [0.29, 0.717) is 11.8 Å². The molecule has 0 heteroatoms. The van der Waals surface area contributed by atoms with Gasteiger partial charge in [0.2, 0.25) is 0 Å². The smallest absolute Gasteiger partial charge is 0.0202 e. The number of hydrogen-bond donors (Lipinski definition) is 0. The summed E-state index contributed by atoms with van der Waals surface area (Å²) in [5.41, 5.74) is 12.5. The molecule has 37 heavy (non-hydrogen) atoms. The zero-order valence-corrected chi connectivity index (χ0v) is 20.8. The molecular formula is C37H26. The Labute approximate surface area is 217 Å². The lowest BCUT2D eigenvalue weighted by atomic mass is 9.74. The van der Waals surface area contributed by atoms with E-state index in [0.717, 1.165) is 0 Å². The molecule has 5 aromatic carbocycles. The lowest BCUT2D eigenvalue weighted by Gasteiger charge is -2.30. The molecule has 0 heterocycles. The van der Waals surface area contributed by atoms with Gasteiger partial charge in [0.15, 0.2) is 0 Å². The second-order valence-electron chi connectivity index (χ2n) is 10.5. The van der Waals surface area contributed by atoms with Gasteiger partial charge in [-0.2, -0.15) is 0 Å². The van der Waals surface area contributed by atoms with Crippen molar-refractivity contribution in [3.63, 3.8) is 0 Å². The Morgan fingerprint density at radius 1 is 0.514 bits per heavy atom. The van der Waals surface area contributed by atoms with Gasteiger partial charge in [-0.3, -0.25) is 0 Å². The second kappa shape index (κ2) is 7.79. The van der Waals surface area contributed by atoms with E-state index >= 15 is 0 Å². The predicted molar refractivity (Wildman–Crippen MR) is 158 cm³/mol. The molecule has 0 nitrogen and oxygen atoms in total. The first-order valence-electron chi connectivity index (χ1n) is 13.2. The molecule has 0 radical (unpaired) electrons. The van der Waals surface area contributed by atoms with Crippen molar-refractivity contribution in [2.24, 2.45) is 11.8 Å². The van der Waals surface area contributed by atoms with E-state index in [1.54, 1.807) is 0 Å². The van der Waals surface area contributed by atoms with E-state index in [-0.39, 0.29) is 0 Å². The summed E-state index contributed by atoms with van der Waals surface area (Å²) in [6, 6.07) is 35.7. The van der Waals surface area contributed by atoms with Gasteiger partial charge in [0.25, 0.3) is 0 Å². The third-order valence-corrected chi connectivity index (χ3v) is 8.55. The summed E-state index contributed by atoms with van der Waals surface area (Å²) in [6.07, 6.45) is 11.8. The van der Waals surface area contributed by atoms with Gasteiger partial charge in [0.1, 0.15) is 0 Å². The van der Waals surface area contributed by atoms with E-state index < -0.39 is 0 Å².